The van der Waals surface area contributed by atoms with Gasteiger partial charge in [-0.25, -0.2) is 4.98 Å². The van der Waals surface area contributed by atoms with Gasteiger partial charge in [0.1, 0.15) is 5.82 Å². The highest BCUT2D eigenvalue weighted by Crippen LogP contribution is 2.21. The average molecular weight is 342 g/mol. The van der Waals surface area contributed by atoms with E-state index in [2.05, 4.69) is 77.2 Å². The smallest absolute Gasteiger partial charge is 0.229 e. The summed E-state index contributed by atoms with van der Waals surface area (Å²) in [6.45, 7) is 11.6. The molecule has 1 aromatic carbocycles. The van der Waals surface area contributed by atoms with E-state index in [1.807, 2.05) is 13.0 Å². The summed E-state index contributed by atoms with van der Waals surface area (Å²) < 4.78 is 0. The fourth-order valence-electron chi connectivity index (χ4n) is 2.79. The van der Waals surface area contributed by atoms with Crippen molar-refractivity contribution >= 4 is 23.1 Å². The molecular weight excluding hydrogens is 310 g/mol. The van der Waals surface area contributed by atoms with Crippen molar-refractivity contribution in [3.63, 3.8) is 0 Å². The molecular formula is C20H31N5. The maximum atomic E-state index is 4.66. The topological polar surface area (TPSA) is 44.3 Å². The summed E-state index contributed by atoms with van der Waals surface area (Å²) in [5.41, 5.74) is 3.21. The molecule has 1 N–H and O–H groups in total. The molecule has 0 radical (unpaired) electrons. The van der Waals surface area contributed by atoms with Crippen molar-refractivity contribution in [3.8, 4) is 0 Å². The summed E-state index contributed by atoms with van der Waals surface area (Å²) in [5, 5.41) is 3.33. The first-order valence-electron chi connectivity index (χ1n) is 9.26. The van der Waals surface area contributed by atoms with Crippen LogP contribution in [0.2, 0.25) is 0 Å². The predicted molar refractivity (Wildman–Crippen MR) is 108 cm³/mol. The fraction of sp³-hybridized carbons (Fsp3) is 0.500. The Bertz CT molecular complexity index is 650. The predicted octanol–water partition coefficient (Wildman–Crippen LogP) is 4.61. The van der Waals surface area contributed by atoms with E-state index >= 15 is 0 Å². The normalized spacial score (nSPS) is 10.6. The molecule has 5 nitrogen and oxygen atoms in total. The van der Waals surface area contributed by atoms with Gasteiger partial charge in [0.15, 0.2) is 0 Å². The van der Waals surface area contributed by atoms with E-state index in [0.717, 1.165) is 43.3 Å². The van der Waals surface area contributed by atoms with Crippen LogP contribution in [0.5, 0.6) is 0 Å². The number of hydrogen-bond donors (Lipinski definition) is 1. The fourth-order valence-corrected chi connectivity index (χ4v) is 2.79. The molecule has 25 heavy (non-hydrogen) atoms. The van der Waals surface area contributed by atoms with Crippen LogP contribution < -0.4 is 15.1 Å². The molecule has 0 aliphatic rings. The number of hydrogen-bond acceptors (Lipinski definition) is 5. The Morgan fingerprint density at radius 2 is 1.68 bits per heavy atom. The van der Waals surface area contributed by atoms with Gasteiger partial charge in [0, 0.05) is 49.8 Å². The van der Waals surface area contributed by atoms with Gasteiger partial charge in [-0.15, -0.1) is 0 Å². The molecule has 136 valence electrons. The van der Waals surface area contributed by atoms with Crippen molar-refractivity contribution in [1.29, 1.82) is 0 Å². The van der Waals surface area contributed by atoms with E-state index in [-0.39, 0.29) is 0 Å². The zero-order chi connectivity index (χ0) is 18.2. The second kappa shape index (κ2) is 9.25. The Morgan fingerprint density at radius 1 is 1.00 bits per heavy atom. The maximum Gasteiger partial charge on any atom is 0.229 e. The van der Waals surface area contributed by atoms with Crippen LogP contribution in [0.15, 0.2) is 30.3 Å². The van der Waals surface area contributed by atoms with Gasteiger partial charge >= 0.3 is 0 Å². The largest absolute Gasteiger partial charge is 0.372 e. The van der Waals surface area contributed by atoms with Crippen LogP contribution in [0.4, 0.5) is 23.1 Å². The molecule has 0 spiro atoms. The van der Waals surface area contributed by atoms with E-state index in [0.29, 0.717) is 5.95 Å². The third-order valence-corrected chi connectivity index (χ3v) is 4.33. The van der Waals surface area contributed by atoms with Gasteiger partial charge in [-0.1, -0.05) is 13.3 Å². The Labute approximate surface area is 152 Å². The van der Waals surface area contributed by atoms with Crippen molar-refractivity contribution < 1.29 is 0 Å². The molecule has 0 fully saturated rings. The van der Waals surface area contributed by atoms with E-state index in [1.165, 1.54) is 12.1 Å². The minimum Gasteiger partial charge on any atom is -0.372 e. The maximum absolute atomic E-state index is 4.66. The first-order valence-corrected chi connectivity index (χ1v) is 9.26. The van der Waals surface area contributed by atoms with E-state index < -0.39 is 0 Å². The SMILES string of the molecule is CCCCN(C)c1cc(C)nc(Nc2ccc(N(CC)CC)cc2)n1. The number of nitrogens with one attached hydrogen (secondary N) is 1. The van der Waals surface area contributed by atoms with Crippen molar-refractivity contribution in [2.75, 3.05) is 41.8 Å². The molecule has 0 unspecified atom stereocenters. The molecule has 0 bridgehead atoms. The summed E-state index contributed by atoms with van der Waals surface area (Å²) in [6.07, 6.45) is 2.34. The van der Waals surface area contributed by atoms with Gasteiger partial charge in [0.2, 0.25) is 5.95 Å². The lowest BCUT2D eigenvalue weighted by Crippen LogP contribution is -2.21. The number of nitrogens with zero attached hydrogens (tertiary/aromatic N) is 4. The van der Waals surface area contributed by atoms with E-state index in [1.54, 1.807) is 0 Å². The van der Waals surface area contributed by atoms with Gasteiger partial charge < -0.3 is 15.1 Å². The van der Waals surface area contributed by atoms with Crippen LogP contribution in [-0.2, 0) is 0 Å². The third-order valence-electron chi connectivity index (χ3n) is 4.33. The Hall–Kier alpha value is -2.30. The molecule has 2 rings (SSSR count). The van der Waals surface area contributed by atoms with E-state index in [9.17, 15) is 0 Å². The molecule has 1 aromatic heterocycles. The van der Waals surface area contributed by atoms with Gasteiger partial charge in [-0.3, -0.25) is 0 Å². The second-order valence-electron chi connectivity index (χ2n) is 6.31. The Morgan fingerprint density at radius 3 is 2.28 bits per heavy atom. The molecule has 0 amide bonds. The minimum absolute atomic E-state index is 0.647. The zero-order valence-corrected chi connectivity index (χ0v) is 16.2. The molecule has 0 saturated heterocycles. The Balaban J connectivity index is 2.13. The highest BCUT2D eigenvalue weighted by molar-refractivity contribution is 5.60. The minimum atomic E-state index is 0.647. The highest BCUT2D eigenvalue weighted by Gasteiger charge is 2.07. The lowest BCUT2D eigenvalue weighted by atomic mass is 10.2. The highest BCUT2D eigenvalue weighted by atomic mass is 15.2. The number of benzene rings is 1. The van der Waals surface area contributed by atoms with Crippen molar-refractivity contribution in [3.05, 3.63) is 36.0 Å². The molecule has 0 aliphatic carbocycles. The van der Waals surface area contributed by atoms with Gasteiger partial charge in [0.05, 0.1) is 0 Å². The number of anilines is 4. The Kier molecular flexibility index (Phi) is 7.04. The molecule has 5 heteroatoms. The number of rotatable bonds is 9. The second-order valence-corrected chi connectivity index (χ2v) is 6.31. The van der Waals surface area contributed by atoms with Crippen LogP contribution >= 0.6 is 0 Å². The summed E-state index contributed by atoms with van der Waals surface area (Å²) in [4.78, 5) is 13.7. The molecule has 0 aliphatic heterocycles. The van der Waals surface area contributed by atoms with Crippen LogP contribution in [0.1, 0.15) is 39.3 Å². The standard InChI is InChI=1S/C20H31N5/c1-6-9-14-24(5)19-15-16(4)21-20(23-19)22-17-10-12-18(13-11-17)25(7-2)8-3/h10-13,15H,6-9,14H2,1-5H3,(H,21,22,23). The molecule has 2 aromatic rings. The summed E-state index contributed by atoms with van der Waals surface area (Å²) in [5.74, 6) is 1.61. The van der Waals surface area contributed by atoms with Crippen molar-refractivity contribution in [1.82, 2.24) is 9.97 Å². The first kappa shape index (κ1) is 19.0. The average Bonchev–Trinajstić information content (AvgIpc) is 2.61. The van der Waals surface area contributed by atoms with Crippen molar-refractivity contribution in [2.24, 2.45) is 0 Å². The zero-order valence-electron chi connectivity index (χ0n) is 16.2. The van der Waals surface area contributed by atoms with Gasteiger partial charge in [-0.05, 0) is 51.5 Å². The first-order chi connectivity index (χ1) is 12.1. The van der Waals surface area contributed by atoms with Gasteiger partial charge in [0.25, 0.3) is 0 Å². The van der Waals surface area contributed by atoms with Crippen LogP contribution in [0.3, 0.4) is 0 Å². The summed E-state index contributed by atoms with van der Waals surface area (Å²) >= 11 is 0. The number of unbranched alkanes of at least 4 members (excludes halogenated alkanes) is 1. The third kappa shape index (κ3) is 5.34. The summed E-state index contributed by atoms with van der Waals surface area (Å²) in [7, 11) is 2.08. The molecule has 1 heterocycles. The quantitative estimate of drug-likeness (QED) is 0.721. The van der Waals surface area contributed by atoms with Crippen LogP contribution in [-0.4, -0.2) is 36.6 Å². The molecule has 0 atom stereocenters. The lowest BCUT2D eigenvalue weighted by molar-refractivity contribution is 0.758. The summed E-state index contributed by atoms with van der Waals surface area (Å²) in [6, 6.07) is 10.5. The van der Waals surface area contributed by atoms with Crippen molar-refractivity contribution in [2.45, 2.75) is 40.5 Å². The number of aromatic nitrogens is 2. The van der Waals surface area contributed by atoms with Crippen LogP contribution in [0.25, 0.3) is 0 Å². The number of aryl methyl sites for hydroxylation is 1. The van der Waals surface area contributed by atoms with Crippen LogP contribution in [0, 0.1) is 6.92 Å². The molecule has 0 saturated carbocycles. The monoisotopic (exact) mass is 341 g/mol. The van der Waals surface area contributed by atoms with Gasteiger partial charge in [-0.2, -0.15) is 4.98 Å². The lowest BCUT2D eigenvalue weighted by Gasteiger charge is -2.21. The van der Waals surface area contributed by atoms with E-state index in [4.69, 9.17) is 0 Å².